The third kappa shape index (κ3) is 4.72. The molecule has 2 aromatic carbocycles. The number of hydrogen-bond acceptors (Lipinski definition) is 5. The number of anilines is 3. The number of aryl methyl sites for hydroxylation is 2. The molecular formula is C24H29N5O4. The molecule has 3 aromatic rings. The van der Waals surface area contributed by atoms with Crippen LogP contribution in [0.3, 0.4) is 0 Å². The van der Waals surface area contributed by atoms with E-state index in [0.29, 0.717) is 18.0 Å². The summed E-state index contributed by atoms with van der Waals surface area (Å²) in [7, 11) is 3.48. The van der Waals surface area contributed by atoms with E-state index in [2.05, 4.69) is 15.5 Å². The van der Waals surface area contributed by atoms with E-state index in [1.54, 1.807) is 54.4 Å². The van der Waals surface area contributed by atoms with Crippen LogP contribution in [-0.2, 0) is 30.0 Å². The first-order valence-corrected chi connectivity index (χ1v) is 11.1. The Morgan fingerprint density at radius 1 is 0.970 bits per heavy atom. The standard InChI is InChI=1S/C24H29N5O4/c1-4-33-22(30)13-16-7-9-17(10-8-16)25-23(31)26-18-14-20-21(28(3)24(32)27(20)2)15-19(18)29-11-5-6-12-29/h7-10,14-15H,4-6,11-13H2,1-3H3,(H2,25,26,31). The number of benzene rings is 2. The molecule has 2 heterocycles. The average molecular weight is 452 g/mol. The van der Waals surface area contributed by atoms with Crippen LogP contribution < -0.4 is 21.2 Å². The van der Waals surface area contributed by atoms with Crippen molar-refractivity contribution >= 4 is 40.1 Å². The fraction of sp³-hybridized carbons (Fsp3) is 0.375. The number of urea groups is 1. The maximum absolute atomic E-state index is 12.8. The van der Waals surface area contributed by atoms with Crippen LogP contribution in [0.25, 0.3) is 11.0 Å². The van der Waals surface area contributed by atoms with Gasteiger partial charge in [-0.1, -0.05) is 12.1 Å². The number of imidazole rings is 1. The lowest BCUT2D eigenvalue weighted by Crippen LogP contribution is -2.24. The van der Waals surface area contributed by atoms with E-state index in [9.17, 15) is 14.4 Å². The quantitative estimate of drug-likeness (QED) is 0.561. The summed E-state index contributed by atoms with van der Waals surface area (Å²) in [5.74, 6) is -0.281. The number of ether oxygens (including phenoxy) is 1. The summed E-state index contributed by atoms with van der Waals surface area (Å²) in [6.07, 6.45) is 2.38. The van der Waals surface area contributed by atoms with Gasteiger partial charge in [0.25, 0.3) is 0 Å². The maximum Gasteiger partial charge on any atom is 0.328 e. The molecular weight excluding hydrogens is 422 g/mol. The Morgan fingerprint density at radius 2 is 1.61 bits per heavy atom. The zero-order chi connectivity index (χ0) is 23.5. The molecule has 0 bridgehead atoms. The molecule has 0 spiro atoms. The summed E-state index contributed by atoms with van der Waals surface area (Å²) in [5.41, 5.74) is 4.45. The molecule has 1 aliphatic rings. The van der Waals surface area contributed by atoms with E-state index in [0.717, 1.165) is 48.2 Å². The summed E-state index contributed by atoms with van der Waals surface area (Å²) in [5, 5.41) is 5.79. The Balaban J connectivity index is 1.54. The average Bonchev–Trinajstić information content (AvgIpc) is 3.39. The first-order valence-electron chi connectivity index (χ1n) is 11.1. The Morgan fingerprint density at radius 3 is 2.24 bits per heavy atom. The van der Waals surface area contributed by atoms with Crippen molar-refractivity contribution in [1.29, 1.82) is 0 Å². The third-order valence-corrected chi connectivity index (χ3v) is 5.95. The number of carbonyl (C=O) groups is 2. The number of nitrogens with one attached hydrogen (secondary N) is 2. The number of amides is 2. The minimum atomic E-state index is -0.381. The normalized spacial score (nSPS) is 13.4. The summed E-state index contributed by atoms with van der Waals surface area (Å²) in [6, 6.07) is 10.5. The van der Waals surface area contributed by atoms with Crippen LogP contribution in [0, 0.1) is 0 Å². The minimum Gasteiger partial charge on any atom is -0.466 e. The Hall–Kier alpha value is -3.75. The van der Waals surface area contributed by atoms with Gasteiger partial charge >= 0.3 is 17.7 Å². The molecule has 1 aliphatic heterocycles. The van der Waals surface area contributed by atoms with E-state index < -0.39 is 0 Å². The zero-order valence-corrected chi connectivity index (χ0v) is 19.2. The van der Waals surface area contributed by atoms with Gasteiger partial charge in [0.05, 0.1) is 35.4 Å². The predicted octanol–water partition coefficient (Wildman–Crippen LogP) is 3.23. The van der Waals surface area contributed by atoms with Crippen molar-refractivity contribution in [3.05, 3.63) is 52.4 Å². The third-order valence-electron chi connectivity index (χ3n) is 5.95. The molecule has 1 saturated heterocycles. The van der Waals surface area contributed by atoms with E-state index in [-0.39, 0.29) is 24.1 Å². The predicted molar refractivity (Wildman–Crippen MR) is 129 cm³/mol. The number of aromatic nitrogens is 2. The molecule has 33 heavy (non-hydrogen) atoms. The van der Waals surface area contributed by atoms with Crippen molar-refractivity contribution in [2.45, 2.75) is 26.2 Å². The molecule has 2 amide bonds. The molecule has 4 rings (SSSR count). The van der Waals surface area contributed by atoms with Crippen LogP contribution in [0.5, 0.6) is 0 Å². The van der Waals surface area contributed by atoms with Crippen molar-refractivity contribution in [1.82, 2.24) is 9.13 Å². The molecule has 9 heteroatoms. The second-order valence-electron chi connectivity index (χ2n) is 8.21. The monoisotopic (exact) mass is 451 g/mol. The van der Waals surface area contributed by atoms with Gasteiger partial charge in [0.15, 0.2) is 0 Å². The van der Waals surface area contributed by atoms with E-state index in [1.165, 1.54) is 0 Å². The molecule has 1 aromatic heterocycles. The van der Waals surface area contributed by atoms with Gasteiger partial charge < -0.3 is 20.3 Å². The largest absolute Gasteiger partial charge is 0.466 e. The molecule has 0 unspecified atom stereocenters. The van der Waals surface area contributed by atoms with Gasteiger partial charge in [0.1, 0.15) is 0 Å². The summed E-state index contributed by atoms with van der Waals surface area (Å²) >= 11 is 0. The van der Waals surface area contributed by atoms with E-state index in [1.807, 2.05) is 12.1 Å². The van der Waals surface area contributed by atoms with Crippen molar-refractivity contribution in [3.63, 3.8) is 0 Å². The highest BCUT2D eigenvalue weighted by molar-refractivity contribution is 6.04. The van der Waals surface area contributed by atoms with Gasteiger partial charge in [-0.25, -0.2) is 9.59 Å². The lowest BCUT2D eigenvalue weighted by molar-refractivity contribution is -0.142. The van der Waals surface area contributed by atoms with Gasteiger partial charge in [0.2, 0.25) is 0 Å². The van der Waals surface area contributed by atoms with Gasteiger partial charge in [-0.3, -0.25) is 13.9 Å². The molecule has 0 radical (unpaired) electrons. The first-order chi connectivity index (χ1) is 15.9. The van der Waals surface area contributed by atoms with Crippen LogP contribution in [0.4, 0.5) is 21.9 Å². The molecule has 9 nitrogen and oxygen atoms in total. The second kappa shape index (κ2) is 9.40. The Labute approximate surface area is 191 Å². The van der Waals surface area contributed by atoms with Gasteiger partial charge in [-0.15, -0.1) is 0 Å². The smallest absolute Gasteiger partial charge is 0.328 e. The van der Waals surface area contributed by atoms with Crippen LogP contribution in [0.15, 0.2) is 41.2 Å². The molecule has 0 saturated carbocycles. The molecule has 0 aliphatic carbocycles. The minimum absolute atomic E-state index is 0.109. The molecule has 1 fully saturated rings. The van der Waals surface area contributed by atoms with E-state index in [4.69, 9.17) is 4.74 Å². The maximum atomic E-state index is 12.8. The van der Waals surface area contributed by atoms with Crippen LogP contribution in [0.2, 0.25) is 0 Å². The number of rotatable bonds is 6. The lowest BCUT2D eigenvalue weighted by atomic mass is 10.1. The Bertz CT molecular complexity index is 1240. The van der Waals surface area contributed by atoms with Gasteiger partial charge in [-0.05, 0) is 49.6 Å². The molecule has 174 valence electrons. The lowest BCUT2D eigenvalue weighted by Gasteiger charge is -2.22. The van der Waals surface area contributed by atoms with Gasteiger partial charge in [-0.2, -0.15) is 0 Å². The van der Waals surface area contributed by atoms with Crippen molar-refractivity contribution in [2.24, 2.45) is 14.1 Å². The zero-order valence-electron chi connectivity index (χ0n) is 19.2. The number of carbonyl (C=O) groups excluding carboxylic acids is 2. The van der Waals surface area contributed by atoms with Crippen LogP contribution >= 0.6 is 0 Å². The number of fused-ring (bicyclic) bond motifs is 1. The summed E-state index contributed by atoms with van der Waals surface area (Å²) < 4.78 is 8.16. The summed E-state index contributed by atoms with van der Waals surface area (Å²) in [4.78, 5) is 39.1. The van der Waals surface area contributed by atoms with Gasteiger partial charge in [0, 0.05) is 32.9 Å². The fourth-order valence-corrected chi connectivity index (χ4v) is 4.22. The Kier molecular flexibility index (Phi) is 6.39. The number of hydrogen-bond donors (Lipinski definition) is 2. The van der Waals surface area contributed by atoms with Crippen LogP contribution in [0.1, 0.15) is 25.3 Å². The highest BCUT2D eigenvalue weighted by Gasteiger charge is 2.20. The van der Waals surface area contributed by atoms with Crippen molar-refractivity contribution in [3.8, 4) is 0 Å². The highest BCUT2D eigenvalue weighted by Crippen LogP contribution is 2.33. The first kappa shape index (κ1) is 22.4. The number of esters is 1. The summed E-state index contributed by atoms with van der Waals surface area (Å²) in [6.45, 7) is 3.93. The highest BCUT2D eigenvalue weighted by atomic mass is 16.5. The topological polar surface area (TPSA) is 97.6 Å². The second-order valence-corrected chi connectivity index (χ2v) is 8.21. The molecule has 0 atom stereocenters. The van der Waals surface area contributed by atoms with Crippen molar-refractivity contribution in [2.75, 3.05) is 35.2 Å². The number of nitrogens with zero attached hydrogens (tertiary/aromatic N) is 3. The molecule has 2 N–H and O–H groups in total. The SMILES string of the molecule is CCOC(=O)Cc1ccc(NC(=O)Nc2cc3c(cc2N2CCCC2)n(C)c(=O)n3C)cc1. The van der Waals surface area contributed by atoms with Crippen LogP contribution in [-0.4, -0.2) is 40.8 Å². The van der Waals surface area contributed by atoms with E-state index >= 15 is 0 Å². The van der Waals surface area contributed by atoms with Crippen molar-refractivity contribution < 1.29 is 14.3 Å². The fourth-order valence-electron chi connectivity index (χ4n) is 4.22.